The molecule has 0 saturated carbocycles. The minimum atomic E-state index is -0.509. The largest absolute Gasteiger partial charge is 0.357 e. The number of nitrogens with zero attached hydrogens (tertiary/aromatic N) is 4. The Morgan fingerprint density at radius 1 is 1.20 bits per heavy atom. The zero-order chi connectivity index (χ0) is 17.8. The van der Waals surface area contributed by atoms with Gasteiger partial charge in [-0.3, -0.25) is 19.2 Å². The van der Waals surface area contributed by atoms with Crippen LogP contribution in [0.3, 0.4) is 0 Å². The Balaban J connectivity index is 1.76. The van der Waals surface area contributed by atoms with Gasteiger partial charge >= 0.3 is 0 Å². The Morgan fingerprint density at radius 2 is 1.96 bits per heavy atom. The second-order valence-electron chi connectivity index (χ2n) is 6.19. The molecule has 2 amide bonds. The molecule has 0 radical (unpaired) electrons. The maximum atomic E-state index is 12.8. The lowest BCUT2D eigenvalue weighted by Crippen LogP contribution is -2.60. The summed E-state index contributed by atoms with van der Waals surface area (Å²) >= 11 is 0. The normalized spacial score (nSPS) is 18.2. The molecule has 3 rings (SSSR count). The first-order chi connectivity index (χ1) is 12.1. The average Bonchev–Trinajstić information content (AvgIpc) is 3.07. The van der Waals surface area contributed by atoms with E-state index in [9.17, 15) is 9.59 Å². The molecule has 1 aromatic heterocycles. The SMILES string of the molecule is CNC(=O)C1CN(Cc2ccccc2)CCN1C(=O)c1ccnn1C. The van der Waals surface area contributed by atoms with Gasteiger partial charge < -0.3 is 10.2 Å². The van der Waals surface area contributed by atoms with Gasteiger partial charge in [-0.05, 0) is 11.6 Å². The Bertz CT molecular complexity index is 743. The first-order valence-electron chi connectivity index (χ1n) is 8.37. The fraction of sp³-hybridized carbons (Fsp3) is 0.389. The summed E-state index contributed by atoms with van der Waals surface area (Å²) in [6.45, 7) is 2.52. The van der Waals surface area contributed by atoms with Gasteiger partial charge in [0.25, 0.3) is 5.91 Å². The summed E-state index contributed by atoms with van der Waals surface area (Å²) in [7, 11) is 3.33. The summed E-state index contributed by atoms with van der Waals surface area (Å²) in [5.74, 6) is -0.304. The topological polar surface area (TPSA) is 70.5 Å². The minimum absolute atomic E-state index is 0.145. The number of amides is 2. The number of aromatic nitrogens is 2. The van der Waals surface area contributed by atoms with Crippen LogP contribution in [-0.2, 0) is 18.4 Å². The number of piperazine rings is 1. The van der Waals surface area contributed by atoms with E-state index in [4.69, 9.17) is 0 Å². The molecule has 2 heterocycles. The van der Waals surface area contributed by atoms with Crippen LogP contribution in [0.5, 0.6) is 0 Å². The highest BCUT2D eigenvalue weighted by molar-refractivity contribution is 5.96. The van der Waals surface area contributed by atoms with Crippen LogP contribution in [0.4, 0.5) is 0 Å². The van der Waals surface area contributed by atoms with E-state index in [0.29, 0.717) is 18.8 Å². The molecule has 0 aliphatic carbocycles. The maximum absolute atomic E-state index is 12.8. The van der Waals surface area contributed by atoms with Crippen molar-refractivity contribution in [2.45, 2.75) is 12.6 Å². The third kappa shape index (κ3) is 3.71. The van der Waals surface area contributed by atoms with E-state index in [-0.39, 0.29) is 11.8 Å². The van der Waals surface area contributed by atoms with Gasteiger partial charge in [0.05, 0.1) is 0 Å². The van der Waals surface area contributed by atoms with Gasteiger partial charge in [-0.15, -0.1) is 0 Å². The molecule has 1 atom stereocenters. The van der Waals surface area contributed by atoms with Crippen molar-refractivity contribution in [1.82, 2.24) is 24.9 Å². The van der Waals surface area contributed by atoms with Crippen LogP contribution in [0, 0.1) is 0 Å². The quantitative estimate of drug-likeness (QED) is 0.879. The summed E-state index contributed by atoms with van der Waals surface area (Å²) in [4.78, 5) is 29.1. The van der Waals surface area contributed by atoms with Crippen molar-refractivity contribution < 1.29 is 9.59 Å². The van der Waals surface area contributed by atoms with Crippen molar-refractivity contribution >= 4 is 11.8 Å². The van der Waals surface area contributed by atoms with Crippen molar-refractivity contribution in [3.05, 3.63) is 53.9 Å². The van der Waals surface area contributed by atoms with E-state index in [0.717, 1.165) is 13.1 Å². The number of hydrogen-bond acceptors (Lipinski definition) is 4. The molecule has 132 valence electrons. The molecular weight excluding hydrogens is 318 g/mol. The molecule has 1 fully saturated rings. The Kier molecular flexibility index (Phi) is 5.14. The molecule has 7 nitrogen and oxygen atoms in total. The molecule has 1 unspecified atom stereocenters. The third-order valence-corrected chi connectivity index (χ3v) is 4.56. The molecular formula is C18H23N5O2. The lowest BCUT2D eigenvalue weighted by molar-refractivity contribution is -0.127. The number of nitrogens with one attached hydrogen (secondary N) is 1. The van der Waals surface area contributed by atoms with Gasteiger partial charge in [0.15, 0.2) is 0 Å². The molecule has 1 aromatic carbocycles. The lowest BCUT2D eigenvalue weighted by atomic mass is 10.1. The van der Waals surface area contributed by atoms with E-state index >= 15 is 0 Å². The van der Waals surface area contributed by atoms with E-state index in [2.05, 4.69) is 27.4 Å². The summed E-state index contributed by atoms with van der Waals surface area (Å²) in [5.41, 5.74) is 1.69. The summed E-state index contributed by atoms with van der Waals surface area (Å²) in [5, 5.41) is 6.73. The maximum Gasteiger partial charge on any atom is 0.272 e. The zero-order valence-electron chi connectivity index (χ0n) is 14.6. The fourth-order valence-electron chi connectivity index (χ4n) is 3.19. The molecule has 2 aromatic rings. The number of likely N-dealkylation sites (N-methyl/N-ethyl adjacent to an activating group) is 1. The number of carbonyl (C=O) groups excluding carboxylic acids is 2. The predicted octanol–water partition coefficient (Wildman–Crippen LogP) is 0.493. The van der Waals surface area contributed by atoms with Crippen molar-refractivity contribution in [1.29, 1.82) is 0 Å². The van der Waals surface area contributed by atoms with E-state index in [1.54, 1.807) is 35.9 Å². The first kappa shape index (κ1) is 17.2. The second kappa shape index (κ2) is 7.48. The van der Waals surface area contributed by atoms with E-state index in [1.807, 2.05) is 18.2 Å². The number of aryl methyl sites for hydroxylation is 1. The Morgan fingerprint density at radius 3 is 2.60 bits per heavy atom. The highest BCUT2D eigenvalue weighted by atomic mass is 16.2. The second-order valence-corrected chi connectivity index (χ2v) is 6.19. The summed E-state index contributed by atoms with van der Waals surface area (Å²) in [6, 6.07) is 11.3. The molecule has 0 bridgehead atoms. The fourth-order valence-corrected chi connectivity index (χ4v) is 3.19. The molecule has 1 N–H and O–H groups in total. The van der Waals surface area contributed by atoms with Gasteiger partial charge in [0.2, 0.25) is 5.91 Å². The van der Waals surface area contributed by atoms with Crippen molar-refractivity contribution in [3.8, 4) is 0 Å². The number of benzene rings is 1. The van der Waals surface area contributed by atoms with Gasteiger partial charge in [0, 0.05) is 46.5 Å². The molecule has 1 aliphatic rings. The Labute approximate surface area is 147 Å². The Hall–Kier alpha value is -2.67. The number of carbonyl (C=O) groups is 2. The molecule has 7 heteroatoms. The van der Waals surface area contributed by atoms with Crippen molar-refractivity contribution in [2.75, 3.05) is 26.7 Å². The van der Waals surface area contributed by atoms with Crippen LogP contribution in [0.2, 0.25) is 0 Å². The lowest BCUT2D eigenvalue weighted by Gasteiger charge is -2.40. The molecule has 1 saturated heterocycles. The standard InChI is InChI=1S/C18H23N5O2/c1-19-17(24)16-13-22(12-14-6-4-3-5-7-14)10-11-23(16)18(25)15-8-9-20-21(15)2/h3-9,16H,10-13H2,1-2H3,(H,19,24). The van der Waals surface area contributed by atoms with Gasteiger partial charge in [-0.25, -0.2) is 0 Å². The molecule has 25 heavy (non-hydrogen) atoms. The number of hydrogen-bond donors (Lipinski definition) is 1. The zero-order valence-corrected chi connectivity index (χ0v) is 14.6. The first-order valence-corrected chi connectivity index (χ1v) is 8.37. The summed E-state index contributed by atoms with van der Waals surface area (Å²) < 4.78 is 1.54. The summed E-state index contributed by atoms with van der Waals surface area (Å²) in [6.07, 6.45) is 1.59. The minimum Gasteiger partial charge on any atom is -0.357 e. The van der Waals surface area contributed by atoms with Gasteiger partial charge in [-0.1, -0.05) is 30.3 Å². The highest BCUT2D eigenvalue weighted by Gasteiger charge is 2.36. The number of rotatable bonds is 4. The van der Waals surface area contributed by atoms with Gasteiger partial charge in [0.1, 0.15) is 11.7 Å². The smallest absolute Gasteiger partial charge is 0.272 e. The highest BCUT2D eigenvalue weighted by Crippen LogP contribution is 2.16. The third-order valence-electron chi connectivity index (χ3n) is 4.56. The van der Waals surface area contributed by atoms with Crippen LogP contribution in [-0.4, -0.2) is 64.1 Å². The molecule has 1 aliphatic heterocycles. The van der Waals surface area contributed by atoms with Gasteiger partial charge in [-0.2, -0.15) is 5.10 Å². The van der Waals surface area contributed by atoms with E-state index < -0.39 is 6.04 Å². The van der Waals surface area contributed by atoms with Crippen LogP contribution < -0.4 is 5.32 Å². The van der Waals surface area contributed by atoms with E-state index in [1.165, 1.54) is 5.56 Å². The average molecular weight is 341 g/mol. The van der Waals surface area contributed by atoms with Crippen LogP contribution >= 0.6 is 0 Å². The van der Waals surface area contributed by atoms with Crippen molar-refractivity contribution in [2.24, 2.45) is 7.05 Å². The van der Waals surface area contributed by atoms with Crippen LogP contribution in [0.25, 0.3) is 0 Å². The van der Waals surface area contributed by atoms with Crippen molar-refractivity contribution in [3.63, 3.8) is 0 Å². The monoisotopic (exact) mass is 341 g/mol. The van der Waals surface area contributed by atoms with Crippen LogP contribution in [0.15, 0.2) is 42.6 Å². The van der Waals surface area contributed by atoms with Crippen LogP contribution in [0.1, 0.15) is 16.1 Å². The predicted molar refractivity (Wildman–Crippen MR) is 93.8 cm³/mol. The molecule has 0 spiro atoms.